The molecule has 0 saturated carbocycles. The Kier molecular flexibility index (Phi) is 6.80. The number of amides is 1. The van der Waals surface area contributed by atoms with Crippen molar-refractivity contribution in [1.29, 1.82) is 0 Å². The minimum absolute atomic E-state index is 0.00187. The number of carbonyl (C=O) groups is 1. The molecule has 0 aliphatic carbocycles. The molecule has 2 heterocycles. The molecule has 13 heteroatoms. The fourth-order valence-corrected chi connectivity index (χ4v) is 6.61. The van der Waals surface area contributed by atoms with E-state index in [0.29, 0.717) is 23.6 Å². The predicted molar refractivity (Wildman–Crippen MR) is 147 cm³/mol. The van der Waals surface area contributed by atoms with E-state index in [0.717, 1.165) is 5.56 Å². The molecular formula is C26H24N6O5S2. The van der Waals surface area contributed by atoms with E-state index in [-0.39, 0.29) is 27.3 Å². The average Bonchev–Trinajstić information content (AvgIpc) is 3.25. The van der Waals surface area contributed by atoms with Gasteiger partial charge in [-0.05, 0) is 73.5 Å². The maximum Gasteiger partial charge on any atom is 0.264 e. The number of hydrogen-bond donors (Lipinski definition) is 3. The van der Waals surface area contributed by atoms with Crippen molar-refractivity contribution in [3.8, 4) is 0 Å². The number of carbonyl (C=O) groups excluding carboxylic acids is 1. The molecule has 1 aliphatic heterocycles. The van der Waals surface area contributed by atoms with Crippen LogP contribution in [0.2, 0.25) is 0 Å². The first-order valence-corrected chi connectivity index (χ1v) is 14.8. The summed E-state index contributed by atoms with van der Waals surface area (Å²) in [5, 5.41) is 10.7. The van der Waals surface area contributed by atoms with E-state index >= 15 is 0 Å². The van der Waals surface area contributed by atoms with Gasteiger partial charge in [0, 0.05) is 23.5 Å². The second kappa shape index (κ2) is 10.1. The second-order valence-electron chi connectivity index (χ2n) is 8.92. The highest BCUT2D eigenvalue weighted by Gasteiger charge is 2.36. The van der Waals surface area contributed by atoms with Gasteiger partial charge in [0.05, 0.1) is 15.5 Å². The topological polar surface area (TPSA) is 164 Å². The van der Waals surface area contributed by atoms with E-state index in [9.17, 15) is 21.6 Å². The summed E-state index contributed by atoms with van der Waals surface area (Å²) in [4.78, 5) is 21.3. The van der Waals surface area contributed by atoms with E-state index < -0.39 is 26.0 Å². The Balaban J connectivity index is 1.33. The van der Waals surface area contributed by atoms with Gasteiger partial charge in [-0.3, -0.25) is 14.4 Å². The van der Waals surface area contributed by atoms with E-state index in [1.807, 2.05) is 19.1 Å². The van der Waals surface area contributed by atoms with Crippen LogP contribution in [0, 0.1) is 0 Å². The van der Waals surface area contributed by atoms with Crippen molar-refractivity contribution in [1.82, 2.24) is 9.97 Å². The molecule has 1 aromatic heterocycles. The fourth-order valence-electron chi connectivity index (χ4n) is 4.35. The summed E-state index contributed by atoms with van der Waals surface area (Å²) < 4.78 is 51.4. The molecule has 0 spiro atoms. The van der Waals surface area contributed by atoms with Crippen LogP contribution < -0.4 is 20.1 Å². The molecule has 1 atom stereocenters. The third-order valence-electron chi connectivity index (χ3n) is 6.13. The summed E-state index contributed by atoms with van der Waals surface area (Å²) in [6, 6.07) is 20.2. The van der Waals surface area contributed by atoms with Crippen LogP contribution in [0.1, 0.15) is 22.8 Å². The lowest BCUT2D eigenvalue weighted by atomic mass is 10.1. The van der Waals surface area contributed by atoms with Gasteiger partial charge >= 0.3 is 0 Å². The Labute approximate surface area is 225 Å². The molecule has 0 saturated heterocycles. The smallest absolute Gasteiger partial charge is 0.264 e. The molecule has 1 amide bonds. The van der Waals surface area contributed by atoms with Gasteiger partial charge < -0.3 is 5.32 Å². The summed E-state index contributed by atoms with van der Waals surface area (Å²) in [6.07, 6.45) is 2.03. The van der Waals surface area contributed by atoms with Crippen LogP contribution in [0.5, 0.6) is 0 Å². The van der Waals surface area contributed by atoms with Gasteiger partial charge in [-0.15, -0.1) is 0 Å². The van der Waals surface area contributed by atoms with Gasteiger partial charge in [-0.25, -0.2) is 27.0 Å². The van der Waals surface area contributed by atoms with Crippen LogP contribution in [0.4, 0.5) is 23.1 Å². The molecule has 200 valence electrons. The summed E-state index contributed by atoms with van der Waals surface area (Å²) in [5.74, 6) is -0.264. The minimum Gasteiger partial charge on any atom is -0.340 e. The number of nitrogens with two attached hydrogens (primary N) is 1. The third kappa shape index (κ3) is 5.46. The molecule has 0 unspecified atom stereocenters. The highest BCUT2D eigenvalue weighted by Crippen LogP contribution is 2.36. The Hall–Kier alpha value is -4.33. The first kappa shape index (κ1) is 26.3. The number of benzene rings is 3. The maximum atomic E-state index is 13.6. The van der Waals surface area contributed by atoms with Crippen LogP contribution in [0.15, 0.2) is 94.9 Å². The molecule has 11 nitrogen and oxygen atoms in total. The Bertz CT molecular complexity index is 1780. The zero-order valence-corrected chi connectivity index (χ0v) is 22.3. The Morgan fingerprint density at radius 1 is 0.949 bits per heavy atom. The van der Waals surface area contributed by atoms with Crippen molar-refractivity contribution in [3.05, 3.63) is 96.2 Å². The number of para-hydroxylation sites is 1. The summed E-state index contributed by atoms with van der Waals surface area (Å²) >= 11 is 0. The molecule has 39 heavy (non-hydrogen) atoms. The van der Waals surface area contributed by atoms with Crippen molar-refractivity contribution in [2.45, 2.75) is 29.2 Å². The van der Waals surface area contributed by atoms with Crippen LogP contribution in [-0.4, -0.2) is 38.8 Å². The van der Waals surface area contributed by atoms with E-state index in [4.69, 9.17) is 5.14 Å². The molecule has 0 radical (unpaired) electrons. The zero-order valence-electron chi connectivity index (χ0n) is 20.6. The summed E-state index contributed by atoms with van der Waals surface area (Å²) in [6.45, 7) is 1.85. The standard InChI is InChI=1S/C26H24N6O5S2/c1-17-15-18-5-2-3-8-23(18)32(17)39(36,37)22-7-4-6-19(16-22)25(33)31-26-28-14-13-24(30-26)29-20-9-11-21(12-10-20)38(27,34)35/h2-14,16-17H,15H2,1H3,(H2,27,34,35)(H2,28,29,30,31,33)/t17-/m1/s1. The Morgan fingerprint density at radius 3 is 2.44 bits per heavy atom. The SMILES string of the molecule is C[C@@H]1Cc2ccccc2N1S(=O)(=O)c1cccc(C(=O)Nc2nccc(Nc3ccc(S(N)(=O)=O)cc3)n2)c1. The number of hydrogen-bond acceptors (Lipinski definition) is 8. The lowest BCUT2D eigenvalue weighted by molar-refractivity contribution is 0.102. The van der Waals surface area contributed by atoms with Crippen molar-refractivity contribution in [2.75, 3.05) is 14.9 Å². The number of fused-ring (bicyclic) bond motifs is 1. The number of primary sulfonamides is 1. The molecule has 0 bridgehead atoms. The molecule has 0 fully saturated rings. The molecule has 3 aromatic carbocycles. The van der Waals surface area contributed by atoms with Gasteiger partial charge in [0.15, 0.2) is 0 Å². The van der Waals surface area contributed by atoms with E-state index in [1.54, 1.807) is 18.2 Å². The third-order valence-corrected chi connectivity index (χ3v) is 8.99. The minimum atomic E-state index is -3.92. The van der Waals surface area contributed by atoms with Crippen molar-refractivity contribution < 1.29 is 21.6 Å². The number of nitrogens with one attached hydrogen (secondary N) is 2. The summed E-state index contributed by atoms with van der Waals surface area (Å²) in [5.41, 5.74) is 2.25. The average molecular weight is 565 g/mol. The first-order valence-electron chi connectivity index (χ1n) is 11.8. The van der Waals surface area contributed by atoms with Crippen LogP contribution in [0.25, 0.3) is 0 Å². The normalized spacial score (nSPS) is 15.0. The largest absolute Gasteiger partial charge is 0.340 e. The summed E-state index contributed by atoms with van der Waals surface area (Å²) in [7, 11) is -7.73. The number of aromatic nitrogens is 2. The van der Waals surface area contributed by atoms with Gasteiger partial charge in [-0.2, -0.15) is 4.98 Å². The maximum absolute atomic E-state index is 13.6. The number of anilines is 4. The van der Waals surface area contributed by atoms with Gasteiger partial charge in [0.1, 0.15) is 5.82 Å². The molecule has 1 aliphatic rings. The number of sulfonamides is 2. The number of rotatable bonds is 7. The van der Waals surface area contributed by atoms with Crippen molar-refractivity contribution in [2.24, 2.45) is 5.14 Å². The van der Waals surface area contributed by atoms with Crippen molar-refractivity contribution >= 4 is 49.1 Å². The van der Waals surface area contributed by atoms with E-state index in [1.165, 1.54) is 59.0 Å². The first-order chi connectivity index (χ1) is 18.5. The van der Waals surface area contributed by atoms with E-state index in [2.05, 4.69) is 20.6 Å². The zero-order chi connectivity index (χ0) is 27.8. The monoisotopic (exact) mass is 564 g/mol. The van der Waals surface area contributed by atoms with Gasteiger partial charge in [0.2, 0.25) is 16.0 Å². The molecular weight excluding hydrogens is 540 g/mol. The molecule has 4 N–H and O–H groups in total. The van der Waals surface area contributed by atoms with Crippen molar-refractivity contribution in [3.63, 3.8) is 0 Å². The second-order valence-corrected chi connectivity index (χ2v) is 12.3. The van der Waals surface area contributed by atoms with Crippen LogP contribution in [0.3, 0.4) is 0 Å². The predicted octanol–water partition coefficient (Wildman–Crippen LogP) is 3.26. The van der Waals surface area contributed by atoms with Crippen LogP contribution >= 0.6 is 0 Å². The molecule has 5 rings (SSSR count). The Morgan fingerprint density at radius 2 is 1.69 bits per heavy atom. The number of nitrogens with zero attached hydrogens (tertiary/aromatic N) is 3. The van der Waals surface area contributed by atoms with Crippen LogP contribution in [-0.2, 0) is 26.5 Å². The fraction of sp³-hybridized carbons (Fsp3) is 0.115. The quantitative estimate of drug-likeness (QED) is 0.308. The molecule has 4 aromatic rings. The lowest BCUT2D eigenvalue weighted by Crippen LogP contribution is -2.35. The highest BCUT2D eigenvalue weighted by molar-refractivity contribution is 7.93. The van der Waals surface area contributed by atoms with Gasteiger partial charge in [-0.1, -0.05) is 24.3 Å². The lowest BCUT2D eigenvalue weighted by Gasteiger charge is -2.24. The highest BCUT2D eigenvalue weighted by atomic mass is 32.2. The van der Waals surface area contributed by atoms with Gasteiger partial charge in [0.25, 0.3) is 15.9 Å².